The monoisotopic (exact) mass is 622 g/mol. The van der Waals surface area contributed by atoms with Crippen LogP contribution >= 0.6 is 9.69 Å². The fourth-order valence-corrected chi connectivity index (χ4v) is 5.12. The van der Waals surface area contributed by atoms with Crippen LogP contribution in [0, 0.1) is 27.7 Å². The van der Waals surface area contributed by atoms with E-state index in [0.29, 0.717) is 0 Å². The first kappa shape index (κ1) is 30.9. The third kappa shape index (κ3) is 9.81. The van der Waals surface area contributed by atoms with Crippen LogP contribution in [-0.2, 0) is 27.3 Å². The summed E-state index contributed by atoms with van der Waals surface area (Å²) in [7, 11) is 0.736. The third-order valence-electron chi connectivity index (χ3n) is 5.60. The van der Waals surface area contributed by atoms with E-state index in [2.05, 4.69) is 53.4 Å². The van der Waals surface area contributed by atoms with Crippen molar-refractivity contribution in [1.82, 2.24) is 0 Å². The quantitative estimate of drug-likeness (QED) is 0.223. The molecule has 0 aliphatic rings. The summed E-state index contributed by atoms with van der Waals surface area (Å²) < 4.78 is 29.9. The predicted molar refractivity (Wildman–Crippen MR) is 151 cm³/mol. The molecule has 0 aliphatic heterocycles. The first-order valence-electron chi connectivity index (χ1n) is 11.7. The number of rotatable bonds is 6. The molecule has 0 aromatic heterocycles. The molecule has 0 unspecified atom stereocenters. The second kappa shape index (κ2) is 15.2. The van der Waals surface area contributed by atoms with Crippen molar-refractivity contribution < 1.29 is 25.7 Å². The zero-order chi connectivity index (χ0) is 27.4. The van der Waals surface area contributed by atoms with E-state index in [4.69, 9.17) is 5.73 Å². The molecule has 0 amide bonds. The van der Waals surface area contributed by atoms with Gasteiger partial charge in [-0.3, -0.25) is 0 Å². The Morgan fingerprint density at radius 3 is 1.49 bits per heavy atom. The molecule has 0 heterocycles. The van der Waals surface area contributed by atoms with E-state index in [9.17, 15) is 8.42 Å². The number of sulfonamides is 1. The molecule has 37 heavy (non-hydrogen) atoms. The van der Waals surface area contributed by atoms with Crippen LogP contribution in [0.1, 0.15) is 45.5 Å². The maximum absolute atomic E-state index is 12.8. The summed E-state index contributed by atoms with van der Waals surface area (Å²) in [6, 6.07) is 30.7. The number of halogens is 1. The Morgan fingerprint density at radius 1 is 0.649 bits per heavy atom. The predicted octanol–water partition coefficient (Wildman–Crippen LogP) is 7.80. The molecule has 2 N–H and O–H groups in total. The minimum absolute atomic E-state index is 0.171. The van der Waals surface area contributed by atoms with Gasteiger partial charge in [-0.2, -0.15) is 0 Å². The molecule has 0 radical (unpaired) electrons. The van der Waals surface area contributed by atoms with Crippen molar-refractivity contribution in [2.24, 2.45) is 5.73 Å². The van der Waals surface area contributed by atoms with Gasteiger partial charge in [-0.25, -0.2) is 8.42 Å². The average molecular weight is 622 g/mol. The van der Waals surface area contributed by atoms with Crippen LogP contribution in [0.15, 0.2) is 108 Å². The fraction of sp³-hybridized carbons (Fsp3) is 0.200. The number of hydrogen-bond donors (Lipinski definition) is 1. The summed E-state index contributed by atoms with van der Waals surface area (Å²) in [5.41, 5.74) is 13.1. The Hall–Kier alpha value is -2.34. The molecular weight excluding hydrogens is 589 g/mol. The fourth-order valence-electron chi connectivity index (χ4n) is 3.96. The molecule has 0 saturated heterocycles. The van der Waals surface area contributed by atoms with Gasteiger partial charge >= 0.3 is 27.0 Å². The molecule has 4 aromatic rings. The first-order valence-corrected chi connectivity index (χ1v) is 15.4. The molecule has 4 aromatic carbocycles. The van der Waals surface area contributed by atoms with Gasteiger partial charge in [0.2, 0.25) is 0 Å². The van der Waals surface area contributed by atoms with E-state index >= 15 is 0 Å². The van der Waals surface area contributed by atoms with Gasteiger partial charge in [0, 0.05) is 10.9 Å². The summed E-state index contributed by atoms with van der Waals surface area (Å²) in [5.74, 6) is 0. The summed E-state index contributed by atoms with van der Waals surface area (Å²) in [6.45, 7) is 8.28. The van der Waals surface area contributed by atoms with Crippen molar-refractivity contribution >= 4 is 19.7 Å². The minimum atomic E-state index is -3.83. The molecule has 2 atom stereocenters. The van der Waals surface area contributed by atoms with E-state index in [0.717, 1.165) is 16.7 Å². The SMILES string of the molecule is Cc1cc(C)cc(C)c1.Cc1ccc(S(=O)(=O)[N-][C@@H](c2ccccc2)[C@@H](N)c2ccccc2)cc1.[Cl][Ru+2]. The molecule has 0 fully saturated rings. The molecule has 0 aliphatic carbocycles. The molecule has 0 spiro atoms. The molecule has 4 rings (SSSR count). The Labute approximate surface area is 236 Å². The zero-order valence-electron chi connectivity index (χ0n) is 21.5. The third-order valence-corrected chi connectivity index (χ3v) is 6.98. The number of hydrogen-bond acceptors (Lipinski definition) is 3. The van der Waals surface area contributed by atoms with Gasteiger partial charge in [-0.15, -0.1) is 0 Å². The van der Waals surface area contributed by atoms with Crippen molar-refractivity contribution in [3.8, 4) is 0 Å². The van der Waals surface area contributed by atoms with Gasteiger partial charge in [0.25, 0.3) is 0 Å². The Balaban J connectivity index is 0.000000367. The van der Waals surface area contributed by atoms with Crippen molar-refractivity contribution in [3.63, 3.8) is 0 Å². The van der Waals surface area contributed by atoms with Gasteiger partial charge in [0.15, 0.2) is 0 Å². The van der Waals surface area contributed by atoms with Crippen LogP contribution in [0.25, 0.3) is 4.72 Å². The van der Waals surface area contributed by atoms with Crippen LogP contribution in [0.2, 0.25) is 0 Å². The average Bonchev–Trinajstić information content (AvgIpc) is 2.89. The normalized spacial score (nSPS) is 12.3. The standard InChI is InChI=1S/C21H21N2O2S.C9H12.ClH.Ru/c1-16-12-14-19(15-13-16)26(24,25)23-21(18-10-6-3-7-11-18)20(22)17-8-4-2-5-9-17;1-7-4-8(2)6-9(3)5-7;;/h2-15,20-21H,22H2,1H3;4-6H,1-3H3;1H;/q-1;;;+3/p-1/t20-,21-;;;/m0.../s1. The second-order valence-corrected chi connectivity index (χ2v) is 10.5. The Kier molecular flexibility index (Phi) is 12.7. The summed E-state index contributed by atoms with van der Waals surface area (Å²) in [6.07, 6.45) is 0. The van der Waals surface area contributed by atoms with Crippen molar-refractivity contribution in [3.05, 3.63) is 141 Å². The Bertz CT molecular complexity index is 1280. The van der Waals surface area contributed by atoms with Crippen LogP contribution in [-0.4, -0.2) is 8.42 Å². The van der Waals surface area contributed by atoms with Gasteiger partial charge in [0.1, 0.15) is 10.0 Å². The Morgan fingerprint density at radius 2 is 1.05 bits per heavy atom. The summed E-state index contributed by atoms with van der Waals surface area (Å²) >= 11 is 1.82. The summed E-state index contributed by atoms with van der Waals surface area (Å²) in [4.78, 5) is 0.171. The summed E-state index contributed by atoms with van der Waals surface area (Å²) in [5, 5.41) is 0. The van der Waals surface area contributed by atoms with E-state index in [1.165, 1.54) is 16.7 Å². The molecule has 0 saturated carbocycles. The van der Waals surface area contributed by atoms with Crippen LogP contribution in [0.5, 0.6) is 0 Å². The van der Waals surface area contributed by atoms with Crippen molar-refractivity contribution in [1.29, 1.82) is 0 Å². The van der Waals surface area contributed by atoms with Crippen LogP contribution < -0.4 is 5.73 Å². The van der Waals surface area contributed by atoms with E-state index in [1.807, 2.05) is 84.9 Å². The number of nitrogens with two attached hydrogens (primary N) is 1. The van der Waals surface area contributed by atoms with Crippen molar-refractivity contribution in [2.45, 2.75) is 44.7 Å². The topological polar surface area (TPSA) is 74.3 Å². The van der Waals surface area contributed by atoms with Gasteiger partial charge in [-0.05, 0) is 45.4 Å². The first-order chi connectivity index (χ1) is 17.7. The van der Waals surface area contributed by atoms with E-state index < -0.39 is 22.1 Å². The van der Waals surface area contributed by atoms with Crippen LogP contribution in [0.3, 0.4) is 0 Å². The number of nitrogens with zero attached hydrogens (tertiary/aromatic N) is 1. The van der Waals surface area contributed by atoms with Gasteiger partial charge in [-0.1, -0.05) is 125 Å². The molecule has 195 valence electrons. The molecule has 4 nitrogen and oxygen atoms in total. The maximum atomic E-state index is 12.8. The molecule has 7 heteroatoms. The second-order valence-electron chi connectivity index (χ2n) is 8.85. The zero-order valence-corrected chi connectivity index (χ0v) is 24.8. The van der Waals surface area contributed by atoms with Crippen molar-refractivity contribution in [2.75, 3.05) is 0 Å². The van der Waals surface area contributed by atoms with Crippen LogP contribution in [0.4, 0.5) is 0 Å². The molecule has 0 bridgehead atoms. The van der Waals surface area contributed by atoms with E-state index in [1.54, 1.807) is 24.3 Å². The van der Waals surface area contributed by atoms with Gasteiger partial charge in [0.05, 0.1) is 0 Å². The molecular formula is C30H33ClN2O2RuS+. The number of aryl methyl sites for hydroxylation is 4. The number of benzene rings is 4. The van der Waals surface area contributed by atoms with E-state index in [-0.39, 0.29) is 4.90 Å². The van der Waals surface area contributed by atoms with Gasteiger partial charge < -0.3 is 10.5 Å².